The van der Waals surface area contributed by atoms with Gasteiger partial charge in [-0.25, -0.2) is 0 Å². The van der Waals surface area contributed by atoms with Gasteiger partial charge in [0.1, 0.15) is 0 Å². The average Bonchev–Trinajstić information content (AvgIpc) is 2.65. The van der Waals surface area contributed by atoms with Gasteiger partial charge in [-0.2, -0.15) is 0 Å². The van der Waals surface area contributed by atoms with E-state index in [0.29, 0.717) is 17.9 Å². The van der Waals surface area contributed by atoms with Gasteiger partial charge in [0.2, 0.25) is 0 Å². The van der Waals surface area contributed by atoms with Crippen LogP contribution in [0.5, 0.6) is 0 Å². The van der Waals surface area contributed by atoms with Gasteiger partial charge in [0.25, 0.3) is 0 Å². The van der Waals surface area contributed by atoms with Crippen LogP contribution in [0.1, 0.15) is 51.4 Å². The van der Waals surface area contributed by atoms with Crippen LogP contribution in [0.4, 0.5) is 0 Å². The van der Waals surface area contributed by atoms with Gasteiger partial charge in [-0.1, -0.05) is 25.7 Å². The van der Waals surface area contributed by atoms with E-state index in [9.17, 15) is 0 Å². The number of rotatable bonds is 3. The zero-order valence-corrected chi connectivity index (χ0v) is 12.4. The van der Waals surface area contributed by atoms with Crippen molar-refractivity contribution in [3.8, 4) is 0 Å². The van der Waals surface area contributed by atoms with Crippen molar-refractivity contribution in [2.45, 2.75) is 57.4 Å². The standard InChI is InChI=1S/C15H30N4/c1-19-10-6-7-13(12-19)11-17-15(16)18-14-8-4-2-3-5-9-14/h13-14H,2-12H2,1H3,(H3,16,17,18). The highest BCUT2D eigenvalue weighted by Crippen LogP contribution is 2.17. The molecule has 1 heterocycles. The van der Waals surface area contributed by atoms with Gasteiger partial charge in [0, 0.05) is 19.1 Å². The van der Waals surface area contributed by atoms with Crippen LogP contribution in [-0.4, -0.2) is 43.6 Å². The normalized spacial score (nSPS) is 28.1. The number of nitrogens with one attached hydrogen (secondary N) is 1. The molecule has 1 unspecified atom stereocenters. The highest BCUT2D eigenvalue weighted by Gasteiger charge is 2.17. The molecule has 0 bridgehead atoms. The van der Waals surface area contributed by atoms with E-state index in [1.54, 1.807) is 0 Å². The molecule has 110 valence electrons. The second-order valence-electron chi connectivity index (χ2n) is 6.33. The smallest absolute Gasteiger partial charge is 0.188 e. The molecule has 0 amide bonds. The van der Waals surface area contributed by atoms with Crippen molar-refractivity contribution in [3.63, 3.8) is 0 Å². The van der Waals surface area contributed by atoms with Gasteiger partial charge in [0.05, 0.1) is 0 Å². The van der Waals surface area contributed by atoms with Crippen LogP contribution >= 0.6 is 0 Å². The van der Waals surface area contributed by atoms with Gasteiger partial charge in [-0.05, 0) is 45.2 Å². The molecule has 0 radical (unpaired) electrons. The van der Waals surface area contributed by atoms with E-state index in [1.165, 1.54) is 64.5 Å². The molecule has 2 rings (SSSR count). The monoisotopic (exact) mass is 266 g/mol. The lowest BCUT2D eigenvalue weighted by molar-refractivity contribution is 0.214. The molecule has 4 heteroatoms. The van der Waals surface area contributed by atoms with E-state index >= 15 is 0 Å². The molecule has 0 aromatic carbocycles. The minimum absolute atomic E-state index is 0.556. The Labute approximate surface area is 117 Å². The predicted molar refractivity (Wildman–Crippen MR) is 81.3 cm³/mol. The van der Waals surface area contributed by atoms with Crippen LogP contribution in [0, 0.1) is 5.92 Å². The summed E-state index contributed by atoms with van der Waals surface area (Å²) in [6.45, 7) is 3.28. The van der Waals surface area contributed by atoms with Crippen LogP contribution < -0.4 is 11.1 Å². The Morgan fingerprint density at radius 1 is 1.16 bits per heavy atom. The molecular formula is C15H30N4. The first-order chi connectivity index (χ1) is 9.24. The Balaban J connectivity index is 1.72. The van der Waals surface area contributed by atoms with Crippen LogP contribution in [0.15, 0.2) is 4.99 Å². The Kier molecular flexibility index (Phi) is 5.95. The third-order valence-corrected chi connectivity index (χ3v) is 4.45. The summed E-state index contributed by atoms with van der Waals surface area (Å²) >= 11 is 0. The SMILES string of the molecule is CN1CCCC(CN=C(N)NC2CCCCCC2)C1. The molecule has 0 aromatic heterocycles. The summed E-state index contributed by atoms with van der Waals surface area (Å²) in [5.41, 5.74) is 6.03. The van der Waals surface area contributed by atoms with Crippen molar-refractivity contribution in [2.24, 2.45) is 16.6 Å². The second-order valence-corrected chi connectivity index (χ2v) is 6.33. The lowest BCUT2D eigenvalue weighted by Crippen LogP contribution is -2.40. The number of aliphatic imine (C=N–C) groups is 1. The summed E-state index contributed by atoms with van der Waals surface area (Å²) in [6, 6.07) is 0.556. The first kappa shape index (κ1) is 14.6. The largest absolute Gasteiger partial charge is 0.370 e. The Bertz CT molecular complexity index is 282. The van der Waals surface area contributed by atoms with E-state index in [-0.39, 0.29) is 0 Å². The molecular weight excluding hydrogens is 236 g/mol. The van der Waals surface area contributed by atoms with Crippen molar-refractivity contribution in [3.05, 3.63) is 0 Å². The van der Waals surface area contributed by atoms with Gasteiger partial charge in [-0.3, -0.25) is 4.99 Å². The Hall–Kier alpha value is -0.770. The number of guanidine groups is 1. The van der Waals surface area contributed by atoms with Crippen molar-refractivity contribution in [2.75, 3.05) is 26.7 Å². The lowest BCUT2D eigenvalue weighted by Gasteiger charge is -2.28. The van der Waals surface area contributed by atoms with E-state index in [4.69, 9.17) is 5.73 Å². The predicted octanol–water partition coefficient (Wildman–Crippen LogP) is 1.96. The van der Waals surface area contributed by atoms with E-state index in [0.717, 1.165) is 6.54 Å². The molecule has 3 N–H and O–H groups in total. The summed E-state index contributed by atoms with van der Waals surface area (Å²) in [5, 5.41) is 3.42. The van der Waals surface area contributed by atoms with Gasteiger partial charge in [0.15, 0.2) is 5.96 Å². The first-order valence-electron chi connectivity index (χ1n) is 7.99. The minimum Gasteiger partial charge on any atom is -0.370 e. The average molecular weight is 266 g/mol. The molecule has 1 atom stereocenters. The molecule has 0 spiro atoms. The molecule has 2 fully saturated rings. The van der Waals surface area contributed by atoms with Gasteiger partial charge in [-0.15, -0.1) is 0 Å². The van der Waals surface area contributed by atoms with Gasteiger partial charge >= 0.3 is 0 Å². The number of likely N-dealkylation sites (tertiary alicyclic amines) is 1. The summed E-state index contributed by atoms with van der Waals surface area (Å²) in [6.07, 6.45) is 10.5. The molecule has 19 heavy (non-hydrogen) atoms. The third kappa shape index (κ3) is 5.39. The molecule has 1 aliphatic heterocycles. The molecule has 2 aliphatic rings. The van der Waals surface area contributed by atoms with Crippen molar-refractivity contribution >= 4 is 5.96 Å². The first-order valence-corrected chi connectivity index (χ1v) is 7.99. The molecule has 1 aliphatic carbocycles. The van der Waals surface area contributed by atoms with Crippen LogP contribution in [0.3, 0.4) is 0 Å². The minimum atomic E-state index is 0.556. The van der Waals surface area contributed by atoms with Crippen LogP contribution in [0.25, 0.3) is 0 Å². The summed E-state index contributed by atoms with van der Waals surface area (Å²) in [4.78, 5) is 6.97. The second kappa shape index (κ2) is 7.73. The molecule has 1 saturated heterocycles. The fraction of sp³-hybridized carbons (Fsp3) is 0.933. The highest BCUT2D eigenvalue weighted by atomic mass is 15.1. The number of piperidine rings is 1. The van der Waals surface area contributed by atoms with E-state index in [2.05, 4.69) is 22.3 Å². The Morgan fingerprint density at radius 2 is 1.89 bits per heavy atom. The number of hydrogen-bond acceptors (Lipinski definition) is 2. The summed E-state index contributed by atoms with van der Waals surface area (Å²) < 4.78 is 0. The number of hydrogen-bond donors (Lipinski definition) is 2. The van der Waals surface area contributed by atoms with E-state index in [1.807, 2.05) is 0 Å². The lowest BCUT2D eigenvalue weighted by atomic mass is 9.99. The van der Waals surface area contributed by atoms with Crippen LogP contribution in [-0.2, 0) is 0 Å². The summed E-state index contributed by atoms with van der Waals surface area (Å²) in [5.74, 6) is 1.35. The molecule has 1 saturated carbocycles. The Morgan fingerprint density at radius 3 is 2.58 bits per heavy atom. The maximum Gasteiger partial charge on any atom is 0.188 e. The fourth-order valence-electron chi connectivity index (χ4n) is 3.33. The molecule has 4 nitrogen and oxygen atoms in total. The van der Waals surface area contributed by atoms with Crippen LogP contribution in [0.2, 0.25) is 0 Å². The number of nitrogens with two attached hydrogens (primary N) is 1. The number of nitrogens with zero attached hydrogens (tertiary/aromatic N) is 2. The molecule has 0 aromatic rings. The quantitative estimate of drug-likeness (QED) is 0.466. The fourth-order valence-corrected chi connectivity index (χ4v) is 3.33. The van der Waals surface area contributed by atoms with E-state index < -0.39 is 0 Å². The highest BCUT2D eigenvalue weighted by molar-refractivity contribution is 5.78. The maximum atomic E-state index is 6.03. The zero-order valence-electron chi connectivity index (χ0n) is 12.4. The third-order valence-electron chi connectivity index (χ3n) is 4.45. The summed E-state index contributed by atoms with van der Waals surface area (Å²) in [7, 11) is 2.20. The van der Waals surface area contributed by atoms with Crippen molar-refractivity contribution in [1.82, 2.24) is 10.2 Å². The maximum absolute atomic E-state index is 6.03. The topological polar surface area (TPSA) is 53.6 Å². The zero-order chi connectivity index (χ0) is 13.5. The van der Waals surface area contributed by atoms with Crippen molar-refractivity contribution in [1.29, 1.82) is 0 Å². The van der Waals surface area contributed by atoms with Gasteiger partial charge < -0.3 is 16.0 Å². The van der Waals surface area contributed by atoms with Crippen molar-refractivity contribution < 1.29 is 0 Å².